The monoisotopic (exact) mass is 252 g/mol. The van der Waals surface area contributed by atoms with Gasteiger partial charge >= 0.3 is 0 Å². The first kappa shape index (κ1) is 13.0. The van der Waals surface area contributed by atoms with E-state index in [0.717, 1.165) is 25.3 Å². The number of rotatable bonds is 5. The van der Waals surface area contributed by atoms with Crippen molar-refractivity contribution in [2.75, 3.05) is 19.8 Å². The van der Waals surface area contributed by atoms with Crippen LogP contribution in [0.5, 0.6) is 0 Å². The van der Waals surface area contributed by atoms with Gasteiger partial charge in [0.15, 0.2) is 0 Å². The zero-order chi connectivity index (χ0) is 13.0. The Morgan fingerprint density at radius 1 is 1.78 bits per heavy atom. The predicted molar refractivity (Wildman–Crippen MR) is 66.8 cm³/mol. The van der Waals surface area contributed by atoms with Crippen molar-refractivity contribution in [2.24, 2.45) is 11.7 Å². The van der Waals surface area contributed by atoms with E-state index in [-0.39, 0.29) is 11.9 Å². The number of nitrogens with zero attached hydrogens (tertiary/aromatic N) is 2. The van der Waals surface area contributed by atoms with Gasteiger partial charge in [-0.25, -0.2) is 4.98 Å². The Balaban J connectivity index is 1.95. The number of hydrogen-bond acceptors (Lipinski definition) is 4. The van der Waals surface area contributed by atoms with Crippen molar-refractivity contribution in [3.05, 3.63) is 18.2 Å². The van der Waals surface area contributed by atoms with Crippen LogP contribution in [0.4, 0.5) is 0 Å². The summed E-state index contributed by atoms with van der Waals surface area (Å²) in [4.78, 5) is 15.0. The van der Waals surface area contributed by atoms with Gasteiger partial charge < -0.3 is 20.4 Å². The van der Waals surface area contributed by atoms with Crippen LogP contribution in [0.15, 0.2) is 12.5 Å². The Morgan fingerprint density at radius 2 is 2.61 bits per heavy atom. The van der Waals surface area contributed by atoms with Crippen LogP contribution in [0.2, 0.25) is 0 Å². The van der Waals surface area contributed by atoms with Gasteiger partial charge in [-0.05, 0) is 6.42 Å². The molecule has 0 saturated carbocycles. The average Bonchev–Trinajstić information content (AvgIpc) is 2.98. The van der Waals surface area contributed by atoms with Crippen molar-refractivity contribution in [2.45, 2.75) is 25.9 Å². The number of nitrogens with one attached hydrogen (secondary N) is 1. The molecule has 100 valence electrons. The van der Waals surface area contributed by atoms with Crippen molar-refractivity contribution in [3.8, 4) is 0 Å². The molecule has 2 heterocycles. The fourth-order valence-electron chi connectivity index (χ4n) is 2.23. The molecule has 3 N–H and O–H groups in total. The molecule has 1 aromatic heterocycles. The lowest BCUT2D eigenvalue weighted by atomic mass is 9.97. The van der Waals surface area contributed by atoms with Crippen LogP contribution in [0.1, 0.15) is 25.1 Å². The highest BCUT2D eigenvalue weighted by atomic mass is 16.5. The molecule has 0 spiro atoms. The molecule has 18 heavy (non-hydrogen) atoms. The van der Waals surface area contributed by atoms with Crippen molar-refractivity contribution in [3.63, 3.8) is 0 Å². The molecule has 1 saturated heterocycles. The summed E-state index contributed by atoms with van der Waals surface area (Å²) in [5.41, 5.74) is 7.26. The molecule has 6 nitrogen and oxygen atoms in total. The van der Waals surface area contributed by atoms with Crippen molar-refractivity contribution in [1.29, 1.82) is 0 Å². The highest BCUT2D eigenvalue weighted by Gasteiger charge is 2.26. The van der Waals surface area contributed by atoms with Gasteiger partial charge in [0.1, 0.15) is 0 Å². The van der Waals surface area contributed by atoms with Gasteiger partial charge in [0.05, 0.1) is 24.7 Å². The SMILES string of the molecule is CC(=O)NCCn1cncc1C(N)C1CCOC1. The summed E-state index contributed by atoms with van der Waals surface area (Å²) >= 11 is 0. The molecule has 1 amide bonds. The summed E-state index contributed by atoms with van der Waals surface area (Å²) in [6, 6.07) is -0.0488. The number of carbonyl (C=O) groups is 1. The van der Waals surface area contributed by atoms with E-state index in [9.17, 15) is 4.79 Å². The zero-order valence-corrected chi connectivity index (χ0v) is 10.6. The Hall–Kier alpha value is -1.40. The summed E-state index contributed by atoms with van der Waals surface area (Å²) in [5.74, 6) is 0.339. The van der Waals surface area contributed by atoms with Crippen LogP contribution < -0.4 is 11.1 Å². The van der Waals surface area contributed by atoms with E-state index in [0.29, 0.717) is 19.0 Å². The van der Waals surface area contributed by atoms with Gasteiger partial charge in [-0.15, -0.1) is 0 Å². The van der Waals surface area contributed by atoms with E-state index >= 15 is 0 Å². The Bertz CT molecular complexity index is 399. The molecule has 0 bridgehead atoms. The second-order valence-corrected chi connectivity index (χ2v) is 4.64. The average molecular weight is 252 g/mol. The first-order valence-electron chi connectivity index (χ1n) is 6.26. The van der Waals surface area contributed by atoms with Gasteiger partial charge in [-0.3, -0.25) is 4.79 Å². The molecule has 6 heteroatoms. The number of imidazole rings is 1. The molecule has 1 aliphatic rings. The molecule has 2 unspecified atom stereocenters. The molecule has 0 aliphatic carbocycles. The van der Waals surface area contributed by atoms with Gasteiger partial charge in [0.2, 0.25) is 5.91 Å². The maximum absolute atomic E-state index is 10.8. The largest absolute Gasteiger partial charge is 0.381 e. The van der Waals surface area contributed by atoms with Gasteiger partial charge in [-0.2, -0.15) is 0 Å². The van der Waals surface area contributed by atoms with Crippen molar-refractivity contribution < 1.29 is 9.53 Å². The maximum atomic E-state index is 10.8. The van der Waals surface area contributed by atoms with Crippen LogP contribution >= 0.6 is 0 Å². The van der Waals surface area contributed by atoms with E-state index in [4.69, 9.17) is 10.5 Å². The van der Waals surface area contributed by atoms with Crippen LogP contribution in [-0.4, -0.2) is 35.2 Å². The third kappa shape index (κ3) is 3.08. The fraction of sp³-hybridized carbons (Fsp3) is 0.667. The molecule has 0 aromatic carbocycles. The van der Waals surface area contributed by atoms with Crippen molar-refractivity contribution in [1.82, 2.24) is 14.9 Å². The minimum atomic E-state index is -0.0488. The third-order valence-electron chi connectivity index (χ3n) is 3.29. The van der Waals surface area contributed by atoms with Gasteiger partial charge in [0, 0.05) is 38.7 Å². The van der Waals surface area contributed by atoms with Crippen molar-refractivity contribution >= 4 is 5.91 Å². The summed E-state index contributed by atoms with van der Waals surface area (Å²) in [6.45, 7) is 4.30. The Kier molecular flexibility index (Phi) is 4.33. The van der Waals surface area contributed by atoms with E-state index < -0.39 is 0 Å². The van der Waals surface area contributed by atoms with Crippen LogP contribution in [-0.2, 0) is 16.1 Å². The quantitative estimate of drug-likeness (QED) is 0.776. The first-order valence-corrected chi connectivity index (χ1v) is 6.26. The third-order valence-corrected chi connectivity index (χ3v) is 3.29. The number of amides is 1. The fourth-order valence-corrected chi connectivity index (χ4v) is 2.23. The van der Waals surface area contributed by atoms with Crippen LogP contribution in [0, 0.1) is 5.92 Å². The van der Waals surface area contributed by atoms with E-state index in [1.54, 1.807) is 12.5 Å². The van der Waals surface area contributed by atoms with E-state index in [1.165, 1.54) is 6.92 Å². The lowest BCUT2D eigenvalue weighted by Crippen LogP contribution is -2.28. The molecule has 1 aliphatic heterocycles. The predicted octanol–water partition coefficient (Wildman–Crippen LogP) is 0.0555. The number of carbonyl (C=O) groups excluding carboxylic acids is 1. The molecule has 1 fully saturated rings. The smallest absolute Gasteiger partial charge is 0.216 e. The summed E-state index contributed by atoms with van der Waals surface area (Å²) in [7, 11) is 0. The first-order chi connectivity index (χ1) is 8.68. The van der Waals surface area contributed by atoms with E-state index in [1.807, 2.05) is 4.57 Å². The normalized spacial score (nSPS) is 20.9. The topological polar surface area (TPSA) is 82.2 Å². The number of hydrogen-bond donors (Lipinski definition) is 2. The number of ether oxygens (including phenoxy) is 1. The Morgan fingerprint density at radius 3 is 3.28 bits per heavy atom. The molecular formula is C12H20N4O2. The summed E-state index contributed by atoms with van der Waals surface area (Å²) in [5, 5.41) is 2.77. The van der Waals surface area contributed by atoms with E-state index in [2.05, 4.69) is 10.3 Å². The molecule has 0 radical (unpaired) electrons. The molecule has 2 rings (SSSR count). The summed E-state index contributed by atoms with van der Waals surface area (Å²) in [6.07, 6.45) is 4.56. The minimum absolute atomic E-state index is 0.0230. The lowest BCUT2D eigenvalue weighted by Gasteiger charge is -2.19. The lowest BCUT2D eigenvalue weighted by molar-refractivity contribution is -0.118. The highest BCUT2D eigenvalue weighted by molar-refractivity contribution is 5.72. The molecular weight excluding hydrogens is 232 g/mol. The minimum Gasteiger partial charge on any atom is -0.381 e. The summed E-state index contributed by atoms with van der Waals surface area (Å²) < 4.78 is 7.36. The molecule has 1 aromatic rings. The van der Waals surface area contributed by atoms with Gasteiger partial charge in [-0.1, -0.05) is 0 Å². The number of nitrogens with two attached hydrogens (primary N) is 1. The van der Waals surface area contributed by atoms with Crippen LogP contribution in [0.25, 0.3) is 0 Å². The highest BCUT2D eigenvalue weighted by Crippen LogP contribution is 2.26. The zero-order valence-electron chi connectivity index (χ0n) is 10.6. The maximum Gasteiger partial charge on any atom is 0.216 e. The van der Waals surface area contributed by atoms with Crippen LogP contribution in [0.3, 0.4) is 0 Å². The second kappa shape index (κ2) is 5.97. The number of aromatic nitrogens is 2. The second-order valence-electron chi connectivity index (χ2n) is 4.64. The van der Waals surface area contributed by atoms with Gasteiger partial charge in [0.25, 0.3) is 0 Å². The molecule has 2 atom stereocenters. The Labute approximate surface area is 107 Å². The standard InChI is InChI=1S/C12H20N4O2/c1-9(17)15-3-4-16-8-14-6-11(16)12(13)10-2-5-18-7-10/h6,8,10,12H,2-5,7,13H2,1H3,(H,15,17).